The Morgan fingerprint density at radius 1 is 1.53 bits per heavy atom. The molecule has 0 fully saturated rings. The predicted octanol–water partition coefficient (Wildman–Crippen LogP) is 0.994. The van der Waals surface area contributed by atoms with Gasteiger partial charge in [-0.25, -0.2) is 18.1 Å². The molecule has 0 amide bonds. The molecule has 0 aliphatic carbocycles. The fourth-order valence-electron chi connectivity index (χ4n) is 1.30. The molecule has 10 heteroatoms. The smallest absolute Gasteiger partial charge is 0.312 e. The van der Waals surface area contributed by atoms with Crippen molar-refractivity contribution in [3.05, 3.63) is 27.4 Å². The van der Waals surface area contributed by atoms with Crippen LogP contribution in [0.3, 0.4) is 0 Å². The van der Waals surface area contributed by atoms with Crippen LogP contribution in [0.2, 0.25) is 5.02 Å². The van der Waals surface area contributed by atoms with E-state index in [0.717, 1.165) is 6.07 Å². The summed E-state index contributed by atoms with van der Waals surface area (Å²) in [5.41, 5.74) is -0.298. The number of sulfonamides is 1. The van der Waals surface area contributed by atoms with Crippen LogP contribution in [0.5, 0.6) is 0 Å². The summed E-state index contributed by atoms with van der Waals surface area (Å²) in [4.78, 5) is 13.9. The van der Waals surface area contributed by atoms with Gasteiger partial charge in [0, 0.05) is 25.4 Å². The quantitative estimate of drug-likeness (QED) is 0.573. The molecule has 0 saturated heterocycles. The Bertz CT molecular complexity index is 563. The number of nitrogens with one attached hydrogen (secondary N) is 2. The summed E-state index contributed by atoms with van der Waals surface area (Å²) in [7, 11) is -3.38. The molecule has 0 aliphatic heterocycles. The van der Waals surface area contributed by atoms with Gasteiger partial charge in [-0.3, -0.25) is 10.1 Å². The maximum absolute atomic E-state index is 11.4. The summed E-state index contributed by atoms with van der Waals surface area (Å²) in [6.45, 7) is 1.96. The molecule has 1 aromatic rings. The molecule has 2 N–H and O–H groups in total. The minimum atomic E-state index is -3.38. The molecule has 0 atom stereocenters. The molecule has 0 radical (unpaired) electrons. The number of aromatic nitrogens is 1. The van der Waals surface area contributed by atoms with E-state index in [-0.39, 0.29) is 28.8 Å². The largest absolute Gasteiger partial charge is 0.363 e. The minimum absolute atomic E-state index is 0.00477. The van der Waals surface area contributed by atoms with E-state index in [1.54, 1.807) is 6.92 Å². The molecular formula is C9H13ClN4O4S. The highest BCUT2D eigenvalue weighted by atomic mass is 35.5. The second kappa shape index (κ2) is 6.64. The van der Waals surface area contributed by atoms with Crippen molar-refractivity contribution in [2.75, 3.05) is 24.2 Å². The Morgan fingerprint density at radius 3 is 2.79 bits per heavy atom. The van der Waals surface area contributed by atoms with Gasteiger partial charge < -0.3 is 5.32 Å². The molecule has 1 heterocycles. The summed E-state index contributed by atoms with van der Waals surface area (Å²) in [5.74, 6) is -0.219. The van der Waals surface area contributed by atoms with Crippen LogP contribution in [-0.4, -0.2) is 37.2 Å². The van der Waals surface area contributed by atoms with Crippen molar-refractivity contribution in [2.24, 2.45) is 0 Å². The Balaban J connectivity index is 2.71. The van der Waals surface area contributed by atoms with Crippen LogP contribution >= 0.6 is 11.6 Å². The van der Waals surface area contributed by atoms with Crippen LogP contribution in [0.25, 0.3) is 0 Å². The topological polar surface area (TPSA) is 114 Å². The molecule has 1 rings (SSSR count). The van der Waals surface area contributed by atoms with Crippen LogP contribution in [0.1, 0.15) is 6.92 Å². The lowest BCUT2D eigenvalue weighted by molar-refractivity contribution is -0.384. The SMILES string of the molecule is CCNS(=O)(=O)CCNc1ncc(Cl)cc1[N+](=O)[O-]. The van der Waals surface area contributed by atoms with Crippen LogP contribution < -0.4 is 10.0 Å². The van der Waals surface area contributed by atoms with E-state index in [9.17, 15) is 18.5 Å². The molecular weight excluding hydrogens is 296 g/mol. The van der Waals surface area contributed by atoms with E-state index in [1.807, 2.05) is 0 Å². The molecule has 106 valence electrons. The maximum atomic E-state index is 11.4. The minimum Gasteiger partial charge on any atom is -0.363 e. The van der Waals surface area contributed by atoms with Gasteiger partial charge >= 0.3 is 5.69 Å². The third kappa shape index (κ3) is 4.97. The van der Waals surface area contributed by atoms with Crippen molar-refractivity contribution in [2.45, 2.75) is 6.92 Å². The molecule has 0 bridgehead atoms. The van der Waals surface area contributed by atoms with Gasteiger partial charge in [0.2, 0.25) is 15.8 Å². The highest BCUT2D eigenvalue weighted by Gasteiger charge is 2.16. The van der Waals surface area contributed by atoms with Crippen molar-refractivity contribution in [3.63, 3.8) is 0 Å². The predicted molar refractivity (Wildman–Crippen MR) is 71.9 cm³/mol. The standard InChI is InChI=1S/C9H13ClN4O4S/c1-2-13-19(17,18)4-3-11-9-8(14(15)16)5-7(10)6-12-9/h5-6,13H,2-4H2,1H3,(H,11,12). The van der Waals surface area contributed by atoms with Gasteiger partial charge in [0.1, 0.15) is 0 Å². The van der Waals surface area contributed by atoms with Crippen LogP contribution in [0, 0.1) is 10.1 Å². The number of hydrogen-bond donors (Lipinski definition) is 2. The molecule has 1 aromatic heterocycles. The van der Waals surface area contributed by atoms with E-state index < -0.39 is 14.9 Å². The van der Waals surface area contributed by atoms with E-state index in [2.05, 4.69) is 15.0 Å². The first-order chi connectivity index (χ1) is 8.85. The van der Waals surface area contributed by atoms with Gasteiger partial charge in [-0.1, -0.05) is 18.5 Å². The van der Waals surface area contributed by atoms with Crippen LogP contribution in [0.15, 0.2) is 12.3 Å². The Morgan fingerprint density at radius 2 is 2.21 bits per heavy atom. The zero-order valence-electron chi connectivity index (χ0n) is 10.1. The first-order valence-corrected chi connectivity index (χ1v) is 7.40. The van der Waals surface area contributed by atoms with Gasteiger partial charge in [0.25, 0.3) is 0 Å². The van der Waals surface area contributed by atoms with Gasteiger partial charge in [-0.2, -0.15) is 0 Å². The molecule has 0 spiro atoms. The maximum Gasteiger partial charge on any atom is 0.312 e. The van der Waals surface area contributed by atoms with E-state index in [0.29, 0.717) is 6.54 Å². The third-order valence-electron chi connectivity index (χ3n) is 2.06. The van der Waals surface area contributed by atoms with Crippen molar-refractivity contribution in [3.8, 4) is 0 Å². The number of nitrogens with zero attached hydrogens (tertiary/aromatic N) is 2. The zero-order valence-corrected chi connectivity index (χ0v) is 11.7. The molecule has 19 heavy (non-hydrogen) atoms. The lowest BCUT2D eigenvalue weighted by Gasteiger charge is -2.07. The van der Waals surface area contributed by atoms with Crippen molar-refractivity contribution < 1.29 is 13.3 Å². The number of nitro groups is 1. The molecule has 0 aromatic carbocycles. The van der Waals surface area contributed by atoms with Gasteiger partial charge in [0.15, 0.2) is 0 Å². The Kier molecular flexibility index (Phi) is 5.45. The van der Waals surface area contributed by atoms with E-state index in [1.165, 1.54) is 6.20 Å². The number of pyridine rings is 1. The van der Waals surface area contributed by atoms with Crippen LogP contribution in [0.4, 0.5) is 11.5 Å². The molecule has 0 unspecified atom stereocenters. The lowest BCUT2D eigenvalue weighted by atomic mass is 10.4. The van der Waals surface area contributed by atoms with E-state index in [4.69, 9.17) is 11.6 Å². The zero-order chi connectivity index (χ0) is 14.5. The van der Waals surface area contributed by atoms with Gasteiger partial charge in [0.05, 0.1) is 15.7 Å². The van der Waals surface area contributed by atoms with E-state index >= 15 is 0 Å². The number of anilines is 1. The lowest BCUT2D eigenvalue weighted by Crippen LogP contribution is -2.29. The van der Waals surface area contributed by atoms with Crippen molar-refractivity contribution in [1.82, 2.24) is 9.71 Å². The van der Waals surface area contributed by atoms with Gasteiger partial charge in [-0.15, -0.1) is 0 Å². The second-order valence-electron chi connectivity index (χ2n) is 3.52. The third-order valence-corrected chi connectivity index (χ3v) is 3.74. The van der Waals surface area contributed by atoms with Crippen molar-refractivity contribution in [1.29, 1.82) is 0 Å². The normalized spacial score (nSPS) is 11.3. The van der Waals surface area contributed by atoms with Crippen LogP contribution in [-0.2, 0) is 10.0 Å². The number of halogens is 1. The highest BCUT2D eigenvalue weighted by molar-refractivity contribution is 7.89. The fourth-order valence-corrected chi connectivity index (χ4v) is 2.41. The summed E-state index contributed by atoms with van der Waals surface area (Å²) in [5, 5.41) is 13.5. The Hall–Kier alpha value is -1.45. The fraction of sp³-hybridized carbons (Fsp3) is 0.444. The average Bonchev–Trinajstić information content (AvgIpc) is 2.30. The summed E-state index contributed by atoms with van der Waals surface area (Å²) in [6, 6.07) is 1.15. The summed E-state index contributed by atoms with van der Waals surface area (Å²) in [6.07, 6.45) is 1.25. The van der Waals surface area contributed by atoms with Crippen molar-refractivity contribution >= 4 is 33.1 Å². The average molecular weight is 309 g/mol. The monoisotopic (exact) mass is 308 g/mol. The summed E-state index contributed by atoms with van der Waals surface area (Å²) >= 11 is 5.61. The molecule has 8 nitrogen and oxygen atoms in total. The molecule has 0 aliphatic rings. The Labute approximate surface area is 115 Å². The summed E-state index contributed by atoms with van der Waals surface area (Å²) < 4.78 is 25.0. The first kappa shape index (κ1) is 15.6. The number of hydrogen-bond acceptors (Lipinski definition) is 6. The first-order valence-electron chi connectivity index (χ1n) is 5.37. The molecule has 0 saturated carbocycles. The number of rotatable bonds is 7. The highest BCUT2D eigenvalue weighted by Crippen LogP contribution is 2.24. The second-order valence-corrected chi connectivity index (χ2v) is 5.88. The van der Waals surface area contributed by atoms with Gasteiger partial charge in [-0.05, 0) is 0 Å².